The van der Waals surface area contributed by atoms with E-state index in [1.807, 2.05) is 0 Å². The molecule has 1 heterocycles. The summed E-state index contributed by atoms with van der Waals surface area (Å²) in [6.07, 6.45) is 0. The van der Waals surface area contributed by atoms with Crippen molar-refractivity contribution in [3.05, 3.63) is 194 Å². The molecular weight excluding hydrogens is 581 g/mol. The van der Waals surface area contributed by atoms with Crippen LogP contribution in [-0.2, 0) is 0 Å². The van der Waals surface area contributed by atoms with E-state index in [-0.39, 0.29) is 0 Å². The van der Waals surface area contributed by atoms with Crippen LogP contribution >= 0.6 is 0 Å². The smallest absolute Gasteiger partial charge is 0.0547 e. The minimum Gasteiger partial charge on any atom is -0.310 e. The van der Waals surface area contributed by atoms with E-state index in [0.717, 1.165) is 22.7 Å². The number of benzene rings is 8. The number of fused-ring (bicyclic) bond motifs is 4. The quantitative estimate of drug-likeness (QED) is 0.181. The Morgan fingerprint density at radius 2 is 1.00 bits per heavy atom. The zero-order valence-electron chi connectivity index (χ0n) is 26.4. The number of anilines is 3. The Balaban J connectivity index is 1.36. The van der Waals surface area contributed by atoms with Gasteiger partial charge in [0.2, 0.25) is 0 Å². The first-order valence-electron chi connectivity index (χ1n) is 16.5. The van der Waals surface area contributed by atoms with Crippen molar-refractivity contribution in [2.45, 2.75) is 0 Å². The molecule has 0 spiro atoms. The second-order valence-electron chi connectivity index (χ2n) is 12.2. The summed E-state index contributed by atoms with van der Waals surface area (Å²) in [5, 5.41) is 4.96. The van der Waals surface area contributed by atoms with E-state index in [1.165, 1.54) is 54.8 Å². The molecule has 0 amide bonds. The molecule has 0 N–H and O–H groups in total. The van der Waals surface area contributed by atoms with E-state index in [9.17, 15) is 0 Å². The first-order valence-corrected chi connectivity index (χ1v) is 16.5. The van der Waals surface area contributed by atoms with Gasteiger partial charge in [-0.15, -0.1) is 0 Å². The largest absolute Gasteiger partial charge is 0.310 e. The molecular formula is C46H32N2. The SMILES string of the molecule is c1ccc(-c2ccccc2N(c2ccccc2)c2ccc3c(c2)c2c(-c4cccc5ccccc45)cccc2n3-c2ccccc2)cc1. The van der Waals surface area contributed by atoms with Crippen LogP contribution in [0.1, 0.15) is 0 Å². The van der Waals surface area contributed by atoms with Crippen LogP contribution in [-0.4, -0.2) is 4.57 Å². The van der Waals surface area contributed by atoms with Gasteiger partial charge in [-0.05, 0) is 82.1 Å². The lowest BCUT2D eigenvalue weighted by atomic mass is 9.94. The standard InChI is InChI=1S/C46H32N2/c1-4-16-34(17-5-1)39-25-12-13-28-43(39)47(35-20-6-2-7-21-35)37-30-31-44-42(32-37)46-41(40-26-14-19-33-18-10-11-24-38(33)40)27-15-29-45(46)48(44)36-22-8-3-9-23-36/h1-32H. The molecule has 2 nitrogen and oxygen atoms in total. The molecule has 0 saturated heterocycles. The van der Waals surface area contributed by atoms with Crippen molar-refractivity contribution in [3.63, 3.8) is 0 Å². The Morgan fingerprint density at radius 3 is 1.83 bits per heavy atom. The van der Waals surface area contributed by atoms with Gasteiger partial charge in [0.15, 0.2) is 0 Å². The monoisotopic (exact) mass is 612 g/mol. The third-order valence-electron chi connectivity index (χ3n) is 9.37. The second-order valence-corrected chi connectivity index (χ2v) is 12.2. The van der Waals surface area contributed by atoms with Crippen LogP contribution in [0.25, 0.3) is 60.5 Å². The molecule has 9 rings (SSSR count). The van der Waals surface area contributed by atoms with Gasteiger partial charge in [-0.25, -0.2) is 0 Å². The van der Waals surface area contributed by atoms with Gasteiger partial charge in [-0.1, -0.05) is 140 Å². The molecule has 0 aliphatic rings. The third-order valence-corrected chi connectivity index (χ3v) is 9.37. The van der Waals surface area contributed by atoms with Gasteiger partial charge in [-0.2, -0.15) is 0 Å². The van der Waals surface area contributed by atoms with Crippen LogP contribution in [0.5, 0.6) is 0 Å². The number of nitrogens with zero attached hydrogens (tertiary/aromatic N) is 2. The van der Waals surface area contributed by atoms with Gasteiger partial charge in [0.1, 0.15) is 0 Å². The highest BCUT2D eigenvalue weighted by Gasteiger charge is 2.21. The molecule has 8 aromatic carbocycles. The average Bonchev–Trinajstić information content (AvgIpc) is 3.50. The first kappa shape index (κ1) is 27.9. The molecule has 48 heavy (non-hydrogen) atoms. The summed E-state index contributed by atoms with van der Waals surface area (Å²) in [4.78, 5) is 2.40. The van der Waals surface area contributed by atoms with Gasteiger partial charge >= 0.3 is 0 Å². The van der Waals surface area contributed by atoms with Crippen molar-refractivity contribution in [2.75, 3.05) is 4.90 Å². The highest BCUT2D eigenvalue weighted by atomic mass is 15.1. The maximum atomic E-state index is 2.41. The number of rotatable bonds is 6. The molecule has 0 bridgehead atoms. The Kier molecular flexibility index (Phi) is 6.84. The van der Waals surface area contributed by atoms with Crippen molar-refractivity contribution >= 4 is 49.6 Å². The number of para-hydroxylation sites is 3. The Morgan fingerprint density at radius 1 is 0.375 bits per heavy atom. The van der Waals surface area contributed by atoms with Crippen molar-refractivity contribution in [3.8, 4) is 27.9 Å². The minimum atomic E-state index is 1.11. The normalized spacial score (nSPS) is 11.3. The van der Waals surface area contributed by atoms with E-state index in [4.69, 9.17) is 0 Å². The van der Waals surface area contributed by atoms with Gasteiger partial charge < -0.3 is 9.47 Å². The topological polar surface area (TPSA) is 8.17 Å². The molecule has 0 unspecified atom stereocenters. The highest BCUT2D eigenvalue weighted by molar-refractivity contribution is 6.18. The highest BCUT2D eigenvalue weighted by Crippen LogP contribution is 2.45. The third kappa shape index (κ3) is 4.66. The fourth-order valence-corrected chi connectivity index (χ4v) is 7.27. The zero-order valence-corrected chi connectivity index (χ0v) is 26.4. The maximum absolute atomic E-state index is 2.41. The summed E-state index contributed by atoms with van der Waals surface area (Å²) < 4.78 is 2.41. The Labute approximate surface area is 280 Å². The predicted molar refractivity (Wildman–Crippen MR) is 204 cm³/mol. The number of aromatic nitrogens is 1. The predicted octanol–water partition coefficient (Wildman–Crippen LogP) is 12.7. The molecule has 1 aromatic heterocycles. The van der Waals surface area contributed by atoms with E-state index in [1.54, 1.807) is 0 Å². The molecule has 2 heteroatoms. The van der Waals surface area contributed by atoms with Crippen LogP contribution < -0.4 is 4.90 Å². The van der Waals surface area contributed by atoms with Crippen LogP contribution in [0, 0.1) is 0 Å². The van der Waals surface area contributed by atoms with Crippen molar-refractivity contribution in [1.29, 1.82) is 0 Å². The summed E-state index contributed by atoms with van der Waals surface area (Å²) in [5.41, 5.74) is 11.7. The van der Waals surface area contributed by atoms with Crippen LogP contribution in [0.3, 0.4) is 0 Å². The van der Waals surface area contributed by atoms with Crippen LogP contribution in [0.4, 0.5) is 17.1 Å². The molecule has 0 saturated carbocycles. The fraction of sp³-hybridized carbons (Fsp3) is 0. The molecule has 0 fully saturated rings. The molecule has 0 aliphatic heterocycles. The summed E-state index contributed by atoms with van der Waals surface area (Å²) in [5.74, 6) is 0. The van der Waals surface area contributed by atoms with Gasteiger partial charge in [-0.3, -0.25) is 0 Å². The molecule has 0 aliphatic carbocycles. The number of hydrogen-bond donors (Lipinski definition) is 0. The summed E-state index contributed by atoms with van der Waals surface area (Å²) in [6, 6.07) is 69.8. The van der Waals surface area contributed by atoms with E-state index >= 15 is 0 Å². The first-order chi connectivity index (χ1) is 23.8. The summed E-state index contributed by atoms with van der Waals surface area (Å²) in [6.45, 7) is 0. The lowest BCUT2D eigenvalue weighted by Gasteiger charge is -2.28. The molecule has 0 radical (unpaired) electrons. The summed E-state index contributed by atoms with van der Waals surface area (Å²) in [7, 11) is 0. The van der Waals surface area contributed by atoms with E-state index in [0.29, 0.717) is 0 Å². The fourth-order valence-electron chi connectivity index (χ4n) is 7.27. The summed E-state index contributed by atoms with van der Waals surface area (Å²) >= 11 is 0. The second kappa shape index (κ2) is 11.8. The molecule has 0 atom stereocenters. The molecule has 9 aromatic rings. The van der Waals surface area contributed by atoms with E-state index in [2.05, 4.69) is 204 Å². The lowest BCUT2D eigenvalue weighted by Crippen LogP contribution is -2.11. The molecule has 226 valence electrons. The van der Waals surface area contributed by atoms with E-state index < -0.39 is 0 Å². The Hall–Kier alpha value is -6.38. The van der Waals surface area contributed by atoms with Gasteiger partial charge in [0.05, 0.1) is 16.7 Å². The average molecular weight is 613 g/mol. The zero-order chi connectivity index (χ0) is 31.9. The lowest BCUT2D eigenvalue weighted by molar-refractivity contribution is 1.18. The van der Waals surface area contributed by atoms with Crippen LogP contribution in [0.15, 0.2) is 194 Å². The number of hydrogen-bond acceptors (Lipinski definition) is 1. The van der Waals surface area contributed by atoms with Crippen molar-refractivity contribution in [2.24, 2.45) is 0 Å². The van der Waals surface area contributed by atoms with Crippen LogP contribution in [0.2, 0.25) is 0 Å². The maximum Gasteiger partial charge on any atom is 0.0547 e. The van der Waals surface area contributed by atoms with Crippen molar-refractivity contribution < 1.29 is 0 Å². The van der Waals surface area contributed by atoms with Crippen molar-refractivity contribution in [1.82, 2.24) is 4.57 Å². The minimum absolute atomic E-state index is 1.11. The van der Waals surface area contributed by atoms with Gasteiger partial charge in [0.25, 0.3) is 0 Å². The Bertz CT molecular complexity index is 2540. The van der Waals surface area contributed by atoms with Gasteiger partial charge in [0, 0.05) is 33.4 Å².